The number of aromatic nitrogens is 1. The monoisotopic (exact) mass is 249 g/mol. The quantitative estimate of drug-likeness (QED) is 0.841. The molecular formula is C15H27N3. The second-order valence-electron chi connectivity index (χ2n) is 6.30. The Morgan fingerprint density at radius 2 is 1.89 bits per heavy atom. The number of rotatable bonds is 5. The van der Waals surface area contributed by atoms with Crippen molar-refractivity contribution in [2.24, 2.45) is 5.92 Å². The Labute approximate surface area is 111 Å². The molecule has 1 aromatic rings. The largest absolute Gasteiger partial charge is 0.370 e. The molecule has 3 heteroatoms. The van der Waals surface area contributed by atoms with Crippen LogP contribution < -0.4 is 10.6 Å². The predicted octanol–water partition coefficient (Wildman–Crippen LogP) is 3.17. The van der Waals surface area contributed by atoms with E-state index < -0.39 is 0 Å². The molecule has 0 saturated heterocycles. The molecule has 0 fully saturated rings. The first-order valence-corrected chi connectivity index (χ1v) is 6.73. The van der Waals surface area contributed by atoms with Gasteiger partial charge in [-0.25, -0.2) is 4.98 Å². The summed E-state index contributed by atoms with van der Waals surface area (Å²) in [6.07, 6.45) is 0. The van der Waals surface area contributed by atoms with Crippen molar-refractivity contribution in [2.45, 2.75) is 46.6 Å². The first-order chi connectivity index (χ1) is 8.32. The van der Waals surface area contributed by atoms with Crippen molar-refractivity contribution in [1.82, 2.24) is 10.3 Å². The number of nitrogens with one attached hydrogen (secondary N) is 2. The molecule has 0 atom stereocenters. The second kappa shape index (κ2) is 6.19. The van der Waals surface area contributed by atoms with Crippen LogP contribution in [0.3, 0.4) is 0 Å². The fraction of sp³-hybridized carbons (Fsp3) is 0.667. The maximum atomic E-state index is 4.72. The number of nitrogens with zero attached hydrogens (tertiary/aromatic N) is 1. The number of hydrogen-bond acceptors (Lipinski definition) is 3. The fourth-order valence-electron chi connectivity index (χ4n) is 1.68. The lowest BCUT2D eigenvalue weighted by Crippen LogP contribution is -2.18. The standard InChI is InChI=1S/C15H27N3/c1-11(2)9-17-14-8-12(10-16-6)7-13(18-14)15(3,4)5/h7-8,11,16H,9-10H2,1-6H3,(H,17,18). The van der Waals surface area contributed by atoms with Gasteiger partial charge in [-0.1, -0.05) is 34.6 Å². The Kier molecular flexibility index (Phi) is 5.15. The summed E-state index contributed by atoms with van der Waals surface area (Å²) < 4.78 is 0. The Bertz CT molecular complexity index is 378. The molecule has 0 bridgehead atoms. The van der Waals surface area contributed by atoms with Gasteiger partial charge in [-0.2, -0.15) is 0 Å². The van der Waals surface area contributed by atoms with Gasteiger partial charge in [0.2, 0.25) is 0 Å². The van der Waals surface area contributed by atoms with Gasteiger partial charge in [0.15, 0.2) is 0 Å². The zero-order valence-electron chi connectivity index (χ0n) is 12.6. The average Bonchev–Trinajstić information content (AvgIpc) is 2.25. The highest BCUT2D eigenvalue weighted by Gasteiger charge is 2.17. The van der Waals surface area contributed by atoms with E-state index in [0.29, 0.717) is 5.92 Å². The van der Waals surface area contributed by atoms with Crippen LogP contribution in [0.4, 0.5) is 5.82 Å². The molecule has 2 N–H and O–H groups in total. The molecule has 1 aromatic heterocycles. The molecule has 0 spiro atoms. The summed E-state index contributed by atoms with van der Waals surface area (Å²) in [5.74, 6) is 1.61. The molecule has 3 nitrogen and oxygen atoms in total. The third kappa shape index (κ3) is 4.65. The van der Waals surface area contributed by atoms with Crippen molar-refractivity contribution < 1.29 is 0 Å². The number of pyridine rings is 1. The average molecular weight is 249 g/mol. The minimum atomic E-state index is 0.0814. The summed E-state index contributed by atoms with van der Waals surface area (Å²) in [7, 11) is 1.97. The highest BCUT2D eigenvalue weighted by molar-refractivity contribution is 5.41. The van der Waals surface area contributed by atoms with Crippen LogP contribution in [-0.4, -0.2) is 18.6 Å². The van der Waals surface area contributed by atoms with Crippen LogP contribution in [0, 0.1) is 5.92 Å². The molecule has 18 heavy (non-hydrogen) atoms. The number of anilines is 1. The van der Waals surface area contributed by atoms with E-state index in [2.05, 4.69) is 57.4 Å². The zero-order valence-corrected chi connectivity index (χ0v) is 12.6. The van der Waals surface area contributed by atoms with Crippen LogP contribution >= 0.6 is 0 Å². The van der Waals surface area contributed by atoms with Crippen molar-refractivity contribution >= 4 is 5.82 Å². The van der Waals surface area contributed by atoms with Crippen LogP contribution in [0.1, 0.15) is 45.9 Å². The summed E-state index contributed by atoms with van der Waals surface area (Å²) in [6.45, 7) is 12.8. The molecule has 1 rings (SSSR count). The second-order valence-corrected chi connectivity index (χ2v) is 6.30. The van der Waals surface area contributed by atoms with Gasteiger partial charge in [-0.15, -0.1) is 0 Å². The molecule has 0 aliphatic rings. The molecular weight excluding hydrogens is 222 g/mol. The van der Waals surface area contributed by atoms with Crippen molar-refractivity contribution in [1.29, 1.82) is 0 Å². The Balaban J connectivity index is 2.98. The lowest BCUT2D eigenvalue weighted by Gasteiger charge is -2.20. The van der Waals surface area contributed by atoms with E-state index >= 15 is 0 Å². The van der Waals surface area contributed by atoms with Crippen molar-refractivity contribution in [2.75, 3.05) is 18.9 Å². The molecule has 1 heterocycles. The third-order valence-electron chi connectivity index (χ3n) is 2.73. The number of hydrogen-bond donors (Lipinski definition) is 2. The van der Waals surface area contributed by atoms with Crippen molar-refractivity contribution in [3.63, 3.8) is 0 Å². The zero-order chi connectivity index (χ0) is 13.8. The van der Waals surface area contributed by atoms with Gasteiger partial charge >= 0.3 is 0 Å². The fourth-order valence-corrected chi connectivity index (χ4v) is 1.68. The minimum absolute atomic E-state index is 0.0814. The maximum Gasteiger partial charge on any atom is 0.126 e. The lowest BCUT2D eigenvalue weighted by atomic mass is 9.90. The molecule has 0 aliphatic heterocycles. The first kappa shape index (κ1) is 15.0. The van der Waals surface area contributed by atoms with E-state index in [9.17, 15) is 0 Å². The van der Waals surface area contributed by atoms with Crippen molar-refractivity contribution in [3.8, 4) is 0 Å². The van der Waals surface area contributed by atoms with Gasteiger partial charge < -0.3 is 10.6 Å². The smallest absolute Gasteiger partial charge is 0.126 e. The molecule has 0 unspecified atom stereocenters. The summed E-state index contributed by atoms with van der Waals surface area (Å²) >= 11 is 0. The van der Waals surface area contributed by atoms with E-state index in [1.807, 2.05) is 7.05 Å². The van der Waals surface area contributed by atoms with Gasteiger partial charge in [0.1, 0.15) is 5.82 Å². The first-order valence-electron chi connectivity index (χ1n) is 6.73. The van der Waals surface area contributed by atoms with Crippen LogP contribution in [0.2, 0.25) is 0 Å². The third-order valence-corrected chi connectivity index (χ3v) is 2.73. The van der Waals surface area contributed by atoms with Crippen LogP contribution in [-0.2, 0) is 12.0 Å². The van der Waals surface area contributed by atoms with E-state index in [1.165, 1.54) is 5.56 Å². The van der Waals surface area contributed by atoms with Gasteiger partial charge in [0, 0.05) is 24.2 Å². The van der Waals surface area contributed by atoms with Gasteiger partial charge in [-0.3, -0.25) is 0 Å². The van der Waals surface area contributed by atoms with Gasteiger partial charge in [-0.05, 0) is 30.7 Å². The minimum Gasteiger partial charge on any atom is -0.370 e. The Morgan fingerprint density at radius 3 is 2.39 bits per heavy atom. The topological polar surface area (TPSA) is 37.0 Å². The lowest BCUT2D eigenvalue weighted by molar-refractivity contribution is 0.567. The van der Waals surface area contributed by atoms with Gasteiger partial charge in [0.25, 0.3) is 0 Å². The van der Waals surface area contributed by atoms with E-state index in [-0.39, 0.29) is 5.41 Å². The van der Waals surface area contributed by atoms with Crippen LogP contribution in [0.15, 0.2) is 12.1 Å². The van der Waals surface area contributed by atoms with Gasteiger partial charge in [0.05, 0.1) is 0 Å². The summed E-state index contributed by atoms with van der Waals surface area (Å²) in [5, 5.41) is 6.62. The van der Waals surface area contributed by atoms with E-state index in [1.54, 1.807) is 0 Å². The molecule has 0 saturated carbocycles. The molecule has 102 valence electrons. The predicted molar refractivity (Wildman–Crippen MR) is 79.0 cm³/mol. The molecule has 0 aliphatic carbocycles. The highest BCUT2D eigenvalue weighted by Crippen LogP contribution is 2.23. The Morgan fingerprint density at radius 1 is 1.22 bits per heavy atom. The Hall–Kier alpha value is -1.09. The molecule has 0 amide bonds. The molecule has 0 aromatic carbocycles. The summed E-state index contributed by atoms with van der Waals surface area (Å²) in [4.78, 5) is 4.72. The van der Waals surface area contributed by atoms with Crippen molar-refractivity contribution in [3.05, 3.63) is 23.4 Å². The highest BCUT2D eigenvalue weighted by atomic mass is 15.0. The molecule has 0 radical (unpaired) electrons. The summed E-state index contributed by atoms with van der Waals surface area (Å²) in [5.41, 5.74) is 2.50. The SMILES string of the molecule is CNCc1cc(NCC(C)C)nc(C(C)(C)C)c1. The van der Waals surface area contributed by atoms with E-state index in [0.717, 1.165) is 24.6 Å². The van der Waals surface area contributed by atoms with Crippen LogP contribution in [0.25, 0.3) is 0 Å². The van der Waals surface area contributed by atoms with Crippen LogP contribution in [0.5, 0.6) is 0 Å². The summed E-state index contributed by atoms with van der Waals surface area (Å²) in [6, 6.07) is 4.32. The maximum absolute atomic E-state index is 4.72. The normalized spacial score (nSPS) is 11.9. The van der Waals surface area contributed by atoms with E-state index in [4.69, 9.17) is 4.98 Å².